The molecule has 0 radical (unpaired) electrons. The molecule has 0 aliphatic carbocycles. The topological polar surface area (TPSA) is 65.7 Å². The van der Waals surface area contributed by atoms with Crippen molar-refractivity contribution in [1.82, 2.24) is 4.57 Å². The van der Waals surface area contributed by atoms with Gasteiger partial charge in [0.25, 0.3) is 0 Å². The first-order chi connectivity index (χ1) is 8.24. The molecule has 4 nitrogen and oxygen atoms in total. The summed E-state index contributed by atoms with van der Waals surface area (Å²) in [6.45, 7) is 0. The minimum absolute atomic E-state index is 0.0257. The normalized spacial score (nSPS) is 9.35. The van der Waals surface area contributed by atoms with E-state index in [1.54, 1.807) is 18.2 Å². The fourth-order valence-corrected chi connectivity index (χ4v) is 1.52. The summed E-state index contributed by atoms with van der Waals surface area (Å²) in [4.78, 5) is 0. The lowest BCUT2D eigenvalue weighted by atomic mass is 10.2. The summed E-state index contributed by atoms with van der Waals surface area (Å²) < 4.78 is 7.48. The number of rotatable bonds is 2. The summed E-state index contributed by atoms with van der Waals surface area (Å²) in [5.41, 5.74) is 0.970. The minimum atomic E-state index is 0.0257. The van der Waals surface area contributed by atoms with Gasteiger partial charge in [-0.05, 0) is 24.3 Å². The third kappa shape index (κ3) is 2.11. The van der Waals surface area contributed by atoms with Crippen molar-refractivity contribution in [2.75, 3.05) is 0 Å². The lowest BCUT2D eigenvalue weighted by Gasteiger charge is -1.97. The van der Waals surface area contributed by atoms with Gasteiger partial charge < -0.3 is 8.98 Å². The summed E-state index contributed by atoms with van der Waals surface area (Å²) in [5, 5.41) is 17.3. The molecule has 0 atom stereocenters. The number of nitriles is 2. The highest BCUT2D eigenvalue weighted by molar-refractivity contribution is 5.62. The van der Waals surface area contributed by atoms with Crippen LogP contribution in [-0.2, 0) is 7.05 Å². The fourth-order valence-electron chi connectivity index (χ4n) is 1.52. The van der Waals surface area contributed by atoms with Crippen LogP contribution in [0.25, 0.3) is 17.5 Å². The highest BCUT2D eigenvalue weighted by atomic mass is 16.3. The Balaban J connectivity index is 2.36. The van der Waals surface area contributed by atoms with Gasteiger partial charge in [-0.2, -0.15) is 10.5 Å². The second kappa shape index (κ2) is 4.42. The van der Waals surface area contributed by atoms with E-state index in [2.05, 4.69) is 0 Å². The standard InChI is InChI=1S/C13H9N3O/c1-16-6-2-3-12(16)13-5-4-11(17-13)7-10(8-14)9-15/h2-7H,1H3. The molecule has 0 bridgehead atoms. The molecule has 0 aromatic carbocycles. The molecule has 2 aromatic rings. The van der Waals surface area contributed by atoms with Gasteiger partial charge in [0.15, 0.2) is 5.76 Å². The maximum atomic E-state index is 8.64. The number of hydrogen-bond acceptors (Lipinski definition) is 3. The summed E-state index contributed by atoms with van der Waals surface area (Å²) in [6.07, 6.45) is 3.34. The SMILES string of the molecule is Cn1cccc1-c1ccc(C=C(C#N)C#N)o1. The van der Waals surface area contributed by atoms with E-state index in [1.165, 1.54) is 6.08 Å². The molecule has 2 heterocycles. The van der Waals surface area contributed by atoms with Crippen LogP contribution in [-0.4, -0.2) is 4.57 Å². The fraction of sp³-hybridized carbons (Fsp3) is 0.0769. The van der Waals surface area contributed by atoms with E-state index in [-0.39, 0.29) is 5.57 Å². The molecule has 82 valence electrons. The number of nitrogens with zero attached hydrogens (tertiary/aromatic N) is 3. The Morgan fingerprint density at radius 2 is 2.06 bits per heavy atom. The highest BCUT2D eigenvalue weighted by Crippen LogP contribution is 2.23. The molecule has 0 unspecified atom stereocenters. The Morgan fingerprint density at radius 1 is 1.29 bits per heavy atom. The number of aryl methyl sites for hydroxylation is 1. The van der Waals surface area contributed by atoms with Gasteiger partial charge in [0, 0.05) is 19.3 Å². The smallest absolute Gasteiger partial charge is 0.151 e. The zero-order valence-electron chi connectivity index (χ0n) is 9.21. The lowest BCUT2D eigenvalue weighted by molar-refractivity contribution is 0.566. The second-order valence-electron chi connectivity index (χ2n) is 3.49. The van der Waals surface area contributed by atoms with Gasteiger partial charge in [-0.15, -0.1) is 0 Å². The Bertz CT molecular complexity index is 631. The van der Waals surface area contributed by atoms with E-state index in [0.717, 1.165) is 5.69 Å². The number of allylic oxidation sites excluding steroid dienone is 1. The monoisotopic (exact) mass is 223 g/mol. The van der Waals surface area contributed by atoms with Gasteiger partial charge in [-0.25, -0.2) is 0 Å². The van der Waals surface area contributed by atoms with Gasteiger partial charge in [0.1, 0.15) is 23.5 Å². The second-order valence-corrected chi connectivity index (χ2v) is 3.49. The van der Waals surface area contributed by atoms with E-state index in [0.29, 0.717) is 11.5 Å². The quantitative estimate of drug-likeness (QED) is 0.735. The van der Waals surface area contributed by atoms with Gasteiger partial charge in [0.2, 0.25) is 0 Å². The third-order valence-corrected chi connectivity index (χ3v) is 2.35. The predicted octanol–water partition coefficient (Wildman–Crippen LogP) is 2.72. The average Bonchev–Trinajstić information content (AvgIpc) is 2.94. The molecule has 0 aliphatic heterocycles. The van der Waals surface area contributed by atoms with Crippen LogP contribution in [0.1, 0.15) is 5.76 Å². The Hall–Kier alpha value is -2.72. The van der Waals surface area contributed by atoms with E-state index in [1.807, 2.05) is 36.0 Å². The summed E-state index contributed by atoms with van der Waals surface area (Å²) in [6, 6.07) is 11.0. The molecule has 17 heavy (non-hydrogen) atoms. The maximum Gasteiger partial charge on any atom is 0.151 e. The molecule has 0 saturated carbocycles. The third-order valence-electron chi connectivity index (χ3n) is 2.35. The van der Waals surface area contributed by atoms with Crippen LogP contribution in [0.5, 0.6) is 0 Å². The van der Waals surface area contributed by atoms with Gasteiger partial charge in [-0.3, -0.25) is 0 Å². The lowest BCUT2D eigenvalue weighted by Crippen LogP contribution is -1.86. The first kappa shape index (κ1) is 10.8. The molecular formula is C13H9N3O. The van der Waals surface area contributed by atoms with Crippen LogP contribution in [0.15, 0.2) is 40.5 Å². The first-order valence-electron chi connectivity index (χ1n) is 4.98. The van der Waals surface area contributed by atoms with Crippen molar-refractivity contribution < 1.29 is 4.42 Å². The van der Waals surface area contributed by atoms with Gasteiger partial charge in [0.05, 0.1) is 5.69 Å². The molecular weight excluding hydrogens is 214 g/mol. The minimum Gasteiger partial charge on any atom is -0.455 e. The summed E-state index contributed by atoms with van der Waals surface area (Å²) in [7, 11) is 1.92. The molecule has 4 heteroatoms. The molecule has 2 rings (SSSR count). The number of furan rings is 1. The molecule has 0 N–H and O–H groups in total. The van der Waals surface area contributed by atoms with Crippen LogP contribution in [0.2, 0.25) is 0 Å². The van der Waals surface area contributed by atoms with Crippen LogP contribution in [0.3, 0.4) is 0 Å². The number of aromatic nitrogens is 1. The Labute approximate surface area is 98.6 Å². The molecule has 2 aromatic heterocycles. The van der Waals surface area contributed by atoms with E-state index in [9.17, 15) is 0 Å². The first-order valence-corrected chi connectivity index (χ1v) is 4.98. The van der Waals surface area contributed by atoms with Crippen LogP contribution in [0, 0.1) is 22.7 Å². The van der Waals surface area contributed by atoms with E-state index in [4.69, 9.17) is 14.9 Å². The Morgan fingerprint density at radius 3 is 2.65 bits per heavy atom. The average molecular weight is 223 g/mol. The van der Waals surface area contributed by atoms with Crippen LogP contribution < -0.4 is 0 Å². The van der Waals surface area contributed by atoms with E-state index < -0.39 is 0 Å². The zero-order valence-corrected chi connectivity index (χ0v) is 9.21. The highest BCUT2D eigenvalue weighted by Gasteiger charge is 2.06. The molecule has 0 fully saturated rings. The number of hydrogen-bond donors (Lipinski definition) is 0. The zero-order chi connectivity index (χ0) is 12.3. The summed E-state index contributed by atoms with van der Waals surface area (Å²) in [5.74, 6) is 1.21. The van der Waals surface area contributed by atoms with Gasteiger partial charge >= 0.3 is 0 Å². The summed E-state index contributed by atoms with van der Waals surface area (Å²) >= 11 is 0. The Kier molecular flexibility index (Phi) is 2.81. The van der Waals surface area contributed by atoms with Crippen LogP contribution in [0.4, 0.5) is 0 Å². The van der Waals surface area contributed by atoms with Crippen molar-refractivity contribution in [3.8, 4) is 23.6 Å². The van der Waals surface area contributed by atoms with Crippen molar-refractivity contribution in [1.29, 1.82) is 10.5 Å². The largest absolute Gasteiger partial charge is 0.455 e. The molecule has 0 spiro atoms. The molecule has 0 saturated heterocycles. The van der Waals surface area contributed by atoms with Crippen molar-refractivity contribution in [3.63, 3.8) is 0 Å². The van der Waals surface area contributed by atoms with E-state index >= 15 is 0 Å². The molecule has 0 aliphatic rings. The van der Waals surface area contributed by atoms with Crippen LogP contribution >= 0.6 is 0 Å². The van der Waals surface area contributed by atoms with Crippen molar-refractivity contribution in [2.45, 2.75) is 0 Å². The van der Waals surface area contributed by atoms with Crippen molar-refractivity contribution in [2.24, 2.45) is 7.05 Å². The van der Waals surface area contributed by atoms with Crippen molar-refractivity contribution >= 4 is 6.08 Å². The maximum absolute atomic E-state index is 8.64. The van der Waals surface area contributed by atoms with Gasteiger partial charge in [-0.1, -0.05) is 0 Å². The van der Waals surface area contributed by atoms with Crippen molar-refractivity contribution in [3.05, 3.63) is 41.8 Å². The molecule has 0 amide bonds. The predicted molar refractivity (Wildman–Crippen MR) is 62.3 cm³/mol.